The van der Waals surface area contributed by atoms with Gasteiger partial charge in [-0.2, -0.15) is 5.10 Å². The number of nitrogens with one attached hydrogen (secondary N) is 1. The summed E-state index contributed by atoms with van der Waals surface area (Å²) in [4.78, 5) is 4.33. The van der Waals surface area contributed by atoms with Crippen molar-refractivity contribution in [2.75, 3.05) is 6.54 Å². The van der Waals surface area contributed by atoms with Gasteiger partial charge in [-0.3, -0.25) is 5.10 Å². The Morgan fingerprint density at radius 2 is 2.18 bits per heavy atom. The molecular formula is C12H12N4O. The van der Waals surface area contributed by atoms with Crippen LogP contribution in [0.5, 0.6) is 0 Å². The van der Waals surface area contributed by atoms with Gasteiger partial charge in [0.05, 0.1) is 0 Å². The third-order valence-corrected chi connectivity index (χ3v) is 2.56. The van der Waals surface area contributed by atoms with Gasteiger partial charge >= 0.3 is 0 Å². The largest absolute Gasteiger partial charge is 0.453 e. The molecule has 5 nitrogen and oxygen atoms in total. The van der Waals surface area contributed by atoms with Crippen LogP contribution in [0.25, 0.3) is 22.6 Å². The molecule has 86 valence electrons. The average Bonchev–Trinajstić information content (AvgIpc) is 2.94. The maximum atomic E-state index is 5.67. The van der Waals surface area contributed by atoms with Crippen LogP contribution in [0.15, 0.2) is 34.7 Å². The molecule has 0 aliphatic rings. The Kier molecular flexibility index (Phi) is 2.38. The highest BCUT2D eigenvalue weighted by Crippen LogP contribution is 2.25. The highest BCUT2D eigenvalue weighted by Gasteiger charge is 2.10. The van der Waals surface area contributed by atoms with E-state index in [1.165, 1.54) is 0 Å². The summed E-state index contributed by atoms with van der Waals surface area (Å²) in [5.41, 5.74) is 6.30. The van der Waals surface area contributed by atoms with Crippen LogP contribution in [0.1, 0.15) is 5.82 Å². The van der Waals surface area contributed by atoms with Crippen LogP contribution in [0.4, 0.5) is 0 Å². The second-order valence-corrected chi connectivity index (χ2v) is 3.79. The molecule has 2 heterocycles. The zero-order valence-electron chi connectivity index (χ0n) is 9.18. The molecule has 0 atom stereocenters. The van der Waals surface area contributed by atoms with Gasteiger partial charge in [0.1, 0.15) is 11.4 Å². The molecule has 0 saturated heterocycles. The standard InChI is InChI=1S/C12H12N4O/c13-6-5-11-14-12(16-15-11)10-7-8-3-1-2-4-9(8)17-10/h1-4,7H,5-6,13H2,(H,14,15,16). The molecule has 0 bridgehead atoms. The van der Waals surface area contributed by atoms with Crippen molar-refractivity contribution < 1.29 is 4.42 Å². The van der Waals surface area contributed by atoms with E-state index in [9.17, 15) is 0 Å². The van der Waals surface area contributed by atoms with Crippen molar-refractivity contribution in [1.29, 1.82) is 0 Å². The molecule has 0 aliphatic carbocycles. The molecule has 5 heteroatoms. The summed E-state index contributed by atoms with van der Waals surface area (Å²) in [5.74, 6) is 2.03. The summed E-state index contributed by atoms with van der Waals surface area (Å²) in [6.45, 7) is 0.550. The van der Waals surface area contributed by atoms with E-state index >= 15 is 0 Å². The quantitative estimate of drug-likeness (QED) is 0.715. The van der Waals surface area contributed by atoms with E-state index < -0.39 is 0 Å². The lowest BCUT2D eigenvalue weighted by molar-refractivity contribution is 0.625. The molecule has 1 aromatic carbocycles. The number of hydrogen-bond acceptors (Lipinski definition) is 4. The third kappa shape index (κ3) is 1.81. The molecule has 0 spiro atoms. The van der Waals surface area contributed by atoms with Crippen LogP contribution in [0.3, 0.4) is 0 Å². The van der Waals surface area contributed by atoms with E-state index in [1.807, 2.05) is 30.3 Å². The topological polar surface area (TPSA) is 80.7 Å². The zero-order chi connectivity index (χ0) is 11.7. The number of nitrogens with two attached hydrogens (primary N) is 1. The Hall–Kier alpha value is -2.14. The van der Waals surface area contributed by atoms with E-state index in [4.69, 9.17) is 10.2 Å². The minimum absolute atomic E-state index is 0.550. The van der Waals surface area contributed by atoms with Gasteiger partial charge in [0.2, 0.25) is 5.82 Å². The molecule has 17 heavy (non-hydrogen) atoms. The lowest BCUT2D eigenvalue weighted by atomic mass is 10.2. The lowest BCUT2D eigenvalue weighted by Crippen LogP contribution is -2.03. The van der Waals surface area contributed by atoms with E-state index in [2.05, 4.69) is 15.2 Å². The van der Waals surface area contributed by atoms with Crippen molar-refractivity contribution in [3.63, 3.8) is 0 Å². The van der Waals surface area contributed by atoms with Gasteiger partial charge in [-0.05, 0) is 18.7 Å². The number of rotatable bonds is 3. The summed E-state index contributed by atoms with van der Waals surface area (Å²) in [7, 11) is 0. The van der Waals surface area contributed by atoms with Crippen LogP contribution in [-0.2, 0) is 6.42 Å². The smallest absolute Gasteiger partial charge is 0.216 e. The molecule has 0 radical (unpaired) electrons. The van der Waals surface area contributed by atoms with Crippen molar-refractivity contribution >= 4 is 11.0 Å². The summed E-state index contributed by atoms with van der Waals surface area (Å²) in [6.07, 6.45) is 0.688. The zero-order valence-corrected chi connectivity index (χ0v) is 9.18. The second kappa shape index (κ2) is 4.03. The maximum absolute atomic E-state index is 5.67. The van der Waals surface area contributed by atoms with E-state index in [-0.39, 0.29) is 0 Å². The molecule has 3 rings (SSSR count). The van der Waals surface area contributed by atoms with Gasteiger partial charge in [0.15, 0.2) is 5.76 Å². The molecule has 3 aromatic rings. The molecule has 0 aliphatic heterocycles. The van der Waals surface area contributed by atoms with E-state index in [1.54, 1.807) is 0 Å². The van der Waals surface area contributed by atoms with Crippen LogP contribution in [0.2, 0.25) is 0 Å². The fourth-order valence-corrected chi connectivity index (χ4v) is 1.75. The minimum atomic E-state index is 0.550. The Bertz CT molecular complexity index is 608. The molecular weight excluding hydrogens is 216 g/mol. The Morgan fingerprint density at radius 3 is 3.00 bits per heavy atom. The first-order valence-corrected chi connectivity index (χ1v) is 5.47. The number of aromatic amines is 1. The molecule has 0 saturated carbocycles. The van der Waals surface area contributed by atoms with Gasteiger partial charge < -0.3 is 10.2 Å². The predicted octanol–water partition coefficient (Wildman–Crippen LogP) is 1.72. The predicted molar refractivity (Wildman–Crippen MR) is 64.3 cm³/mol. The highest BCUT2D eigenvalue weighted by atomic mass is 16.3. The summed E-state index contributed by atoms with van der Waals surface area (Å²) in [6, 6.07) is 9.76. The normalized spacial score (nSPS) is 11.1. The monoisotopic (exact) mass is 228 g/mol. The van der Waals surface area contributed by atoms with Crippen LogP contribution in [-0.4, -0.2) is 21.7 Å². The number of aromatic nitrogens is 3. The highest BCUT2D eigenvalue weighted by molar-refractivity contribution is 5.81. The van der Waals surface area contributed by atoms with Gasteiger partial charge in [0, 0.05) is 11.8 Å². The fourth-order valence-electron chi connectivity index (χ4n) is 1.75. The van der Waals surface area contributed by atoms with E-state index in [0.717, 1.165) is 16.8 Å². The molecule has 2 aromatic heterocycles. The van der Waals surface area contributed by atoms with Crippen molar-refractivity contribution in [3.05, 3.63) is 36.2 Å². The number of benzene rings is 1. The van der Waals surface area contributed by atoms with Crippen molar-refractivity contribution in [1.82, 2.24) is 15.2 Å². The molecule has 0 unspecified atom stereocenters. The number of hydrogen-bond donors (Lipinski definition) is 2. The first-order chi connectivity index (χ1) is 8.36. The minimum Gasteiger partial charge on any atom is -0.453 e. The Balaban J connectivity index is 2.01. The molecule has 3 N–H and O–H groups in total. The summed E-state index contributed by atoms with van der Waals surface area (Å²) >= 11 is 0. The number of nitrogens with zero attached hydrogens (tertiary/aromatic N) is 2. The van der Waals surface area contributed by atoms with E-state index in [0.29, 0.717) is 24.6 Å². The third-order valence-electron chi connectivity index (χ3n) is 2.56. The van der Waals surface area contributed by atoms with Crippen LogP contribution in [0, 0.1) is 0 Å². The number of para-hydroxylation sites is 1. The summed E-state index contributed by atoms with van der Waals surface area (Å²) in [5, 5.41) is 8.01. The van der Waals surface area contributed by atoms with Crippen molar-refractivity contribution in [2.24, 2.45) is 5.73 Å². The van der Waals surface area contributed by atoms with Crippen molar-refractivity contribution in [2.45, 2.75) is 6.42 Å². The average molecular weight is 228 g/mol. The number of fused-ring (bicyclic) bond motifs is 1. The first kappa shape index (κ1) is 10.0. The van der Waals surface area contributed by atoms with Gasteiger partial charge in [-0.15, -0.1) is 0 Å². The van der Waals surface area contributed by atoms with Crippen LogP contribution < -0.4 is 5.73 Å². The molecule has 0 fully saturated rings. The molecule has 0 amide bonds. The number of furan rings is 1. The fraction of sp³-hybridized carbons (Fsp3) is 0.167. The summed E-state index contributed by atoms with van der Waals surface area (Å²) < 4.78 is 5.67. The Morgan fingerprint density at radius 1 is 1.29 bits per heavy atom. The number of H-pyrrole nitrogens is 1. The van der Waals surface area contributed by atoms with Gasteiger partial charge in [0.25, 0.3) is 0 Å². The SMILES string of the molecule is NCCc1nc(-c2cc3ccccc3o2)n[nH]1. The van der Waals surface area contributed by atoms with Gasteiger partial charge in [-0.25, -0.2) is 4.98 Å². The second-order valence-electron chi connectivity index (χ2n) is 3.79. The van der Waals surface area contributed by atoms with Crippen LogP contribution >= 0.6 is 0 Å². The van der Waals surface area contributed by atoms with Crippen molar-refractivity contribution in [3.8, 4) is 11.6 Å². The van der Waals surface area contributed by atoms with Gasteiger partial charge in [-0.1, -0.05) is 18.2 Å². The first-order valence-electron chi connectivity index (χ1n) is 5.47. The lowest BCUT2D eigenvalue weighted by Gasteiger charge is -1.87. The maximum Gasteiger partial charge on any atom is 0.216 e. The Labute approximate surface area is 97.7 Å².